The number of hydrogen-bond donors (Lipinski definition) is 0. The lowest BCUT2D eigenvalue weighted by atomic mass is 10.1. The van der Waals surface area contributed by atoms with E-state index < -0.39 is 12.1 Å². The van der Waals surface area contributed by atoms with Crippen molar-refractivity contribution in [3.63, 3.8) is 0 Å². The molecule has 0 amide bonds. The minimum absolute atomic E-state index is 0.147. The van der Waals surface area contributed by atoms with Crippen molar-refractivity contribution < 1.29 is 23.0 Å². The van der Waals surface area contributed by atoms with E-state index in [-0.39, 0.29) is 6.08 Å². The first-order chi connectivity index (χ1) is 9.94. The molecule has 0 aliphatic rings. The highest BCUT2D eigenvalue weighted by atomic mass is 19.4. The van der Waals surface area contributed by atoms with Gasteiger partial charge in [0, 0.05) is 18.2 Å². The highest BCUT2D eigenvalue weighted by Gasteiger charge is 2.21. The van der Waals surface area contributed by atoms with Crippen LogP contribution in [0.4, 0.5) is 13.2 Å². The molecule has 108 valence electrons. The van der Waals surface area contributed by atoms with Gasteiger partial charge in [-0.3, -0.25) is 0 Å². The van der Waals surface area contributed by atoms with E-state index in [4.69, 9.17) is 0 Å². The van der Waals surface area contributed by atoms with Crippen molar-refractivity contribution in [3.8, 4) is 0 Å². The van der Waals surface area contributed by atoms with E-state index in [0.717, 1.165) is 6.08 Å². The summed E-state index contributed by atoms with van der Waals surface area (Å²) in [6.07, 6.45) is -0.0458. The molecule has 2 aromatic rings. The molecule has 1 aromatic heterocycles. The number of benzene rings is 1. The van der Waals surface area contributed by atoms with Crippen molar-refractivity contribution >= 4 is 12.0 Å². The third-order valence-electron chi connectivity index (χ3n) is 2.53. The number of halogens is 3. The van der Waals surface area contributed by atoms with Crippen LogP contribution in [0.3, 0.4) is 0 Å². The zero-order chi connectivity index (χ0) is 15.3. The van der Waals surface area contributed by atoms with Gasteiger partial charge in [-0.05, 0) is 16.2 Å². The second-order valence-electron chi connectivity index (χ2n) is 4.16. The summed E-state index contributed by atoms with van der Waals surface area (Å²) < 4.78 is 37.5. The summed E-state index contributed by atoms with van der Waals surface area (Å²) in [5.41, 5.74) is 0.659. The van der Waals surface area contributed by atoms with Gasteiger partial charge < -0.3 is 5.11 Å². The Morgan fingerprint density at radius 3 is 2.24 bits per heavy atom. The average Bonchev–Trinajstić information content (AvgIpc) is 2.46. The number of alkyl halides is 3. The molecule has 0 saturated carbocycles. The largest absolute Gasteiger partial charge is 0.854 e. The number of allylic oxidation sites excluding steroid dienone is 1. The van der Waals surface area contributed by atoms with Gasteiger partial charge in [-0.2, -0.15) is 13.2 Å². The molecule has 3 nitrogen and oxygen atoms in total. The van der Waals surface area contributed by atoms with Crippen LogP contribution >= 0.6 is 0 Å². The Bertz CT molecular complexity index is 647. The maximum Gasteiger partial charge on any atom is 0.409 e. The summed E-state index contributed by atoms with van der Waals surface area (Å²) in [4.78, 5) is 0. The van der Waals surface area contributed by atoms with E-state index in [9.17, 15) is 18.3 Å². The van der Waals surface area contributed by atoms with Gasteiger partial charge in [0.05, 0.1) is 5.90 Å². The summed E-state index contributed by atoms with van der Waals surface area (Å²) in [6.45, 7) is 0. The summed E-state index contributed by atoms with van der Waals surface area (Å²) in [7, 11) is 0. The first-order valence-corrected chi connectivity index (χ1v) is 6.03. The standard InChI is InChI=1S/C15H11F3N2O/c16-15(17,18)9-8-12-4-6-13(7-5-12)14(21)19-20-10-2-1-3-11-20/h1-11H/b9-8+. The Morgan fingerprint density at radius 2 is 1.67 bits per heavy atom. The van der Waals surface area contributed by atoms with E-state index in [1.165, 1.54) is 28.9 Å². The van der Waals surface area contributed by atoms with Crippen molar-refractivity contribution in [1.29, 1.82) is 0 Å². The molecule has 0 radical (unpaired) electrons. The Balaban J connectivity index is 2.16. The van der Waals surface area contributed by atoms with Crippen LogP contribution in [0.25, 0.3) is 6.08 Å². The molecule has 0 bridgehead atoms. The molecule has 1 heterocycles. The van der Waals surface area contributed by atoms with E-state index in [0.29, 0.717) is 11.1 Å². The first kappa shape index (κ1) is 14.8. The van der Waals surface area contributed by atoms with Crippen molar-refractivity contribution in [3.05, 3.63) is 72.1 Å². The Morgan fingerprint density at radius 1 is 1.05 bits per heavy atom. The maximum atomic E-state index is 12.0. The minimum Gasteiger partial charge on any atom is -0.854 e. The highest BCUT2D eigenvalue weighted by molar-refractivity contribution is 5.90. The van der Waals surface area contributed by atoms with E-state index in [1.54, 1.807) is 30.6 Å². The monoisotopic (exact) mass is 292 g/mol. The first-order valence-electron chi connectivity index (χ1n) is 6.03. The molecule has 21 heavy (non-hydrogen) atoms. The van der Waals surface area contributed by atoms with Crippen molar-refractivity contribution in [2.75, 3.05) is 0 Å². The topological polar surface area (TPSA) is 39.3 Å². The molecule has 6 heteroatoms. The molecule has 0 N–H and O–H groups in total. The highest BCUT2D eigenvalue weighted by Crippen LogP contribution is 2.18. The molecule has 0 unspecified atom stereocenters. The zero-order valence-corrected chi connectivity index (χ0v) is 10.8. The van der Waals surface area contributed by atoms with Crippen LogP contribution in [-0.4, -0.2) is 12.1 Å². The summed E-state index contributed by atoms with van der Waals surface area (Å²) >= 11 is 0. The molecule has 0 aliphatic heterocycles. The van der Waals surface area contributed by atoms with Gasteiger partial charge in [-0.15, -0.1) is 0 Å². The van der Waals surface area contributed by atoms with Crippen LogP contribution < -0.4 is 9.78 Å². The van der Waals surface area contributed by atoms with Gasteiger partial charge in [-0.1, -0.05) is 41.1 Å². The van der Waals surface area contributed by atoms with Gasteiger partial charge in [-0.25, -0.2) is 0 Å². The fourth-order valence-corrected chi connectivity index (χ4v) is 1.55. The van der Waals surface area contributed by atoms with E-state index in [1.807, 2.05) is 0 Å². The molecular weight excluding hydrogens is 281 g/mol. The van der Waals surface area contributed by atoms with Crippen molar-refractivity contribution in [2.45, 2.75) is 6.18 Å². The molecule has 0 atom stereocenters. The lowest BCUT2D eigenvalue weighted by molar-refractivity contribution is -0.681. The number of nitrogens with zero attached hydrogens (tertiary/aromatic N) is 2. The molecule has 0 aliphatic carbocycles. The minimum atomic E-state index is -4.35. The van der Waals surface area contributed by atoms with Crippen LogP contribution in [0, 0.1) is 0 Å². The quantitative estimate of drug-likeness (QED) is 0.485. The van der Waals surface area contributed by atoms with Crippen LogP contribution in [0.15, 0.2) is 66.0 Å². The lowest BCUT2D eigenvalue weighted by Crippen LogP contribution is -2.33. The number of aromatic nitrogens is 1. The fraction of sp³-hybridized carbons (Fsp3) is 0.0667. The third-order valence-corrected chi connectivity index (χ3v) is 2.53. The molecule has 1 aromatic carbocycles. The van der Waals surface area contributed by atoms with Gasteiger partial charge in [0.1, 0.15) is 0 Å². The molecule has 0 fully saturated rings. The zero-order valence-electron chi connectivity index (χ0n) is 10.8. The normalized spacial score (nSPS) is 12.8. The number of pyridine rings is 1. The molecule has 0 spiro atoms. The van der Waals surface area contributed by atoms with Crippen LogP contribution in [0.2, 0.25) is 0 Å². The molecule has 2 rings (SSSR count). The van der Waals surface area contributed by atoms with Crippen molar-refractivity contribution in [2.24, 2.45) is 5.10 Å². The predicted octanol–water partition coefficient (Wildman–Crippen LogP) is 2.12. The van der Waals surface area contributed by atoms with E-state index in [2.05, 4.69) is 5.10 Å². The Hall–Kier alpha value is -2.63. The molecular formula is C15H11F3N2O. The smallest absolute Gasteiger partial charge is 0.409 e. The number of hydrogen-bond acceptors (Lipinski definition) is 2. The van der Waals surface area contributed by atoms with Gasteiger partial charge in [0.25, 0.3) is 0 Å². The third kappa shape index (κ3) is 4.76. The summed E-state index contributed by atoms with van der Waals surface area (Å²) in [6, 6.07) is 11.0. The fourth-order valence-electron chi connectivity index (χ4n) is 1.55. The average molecular weight is 292 g/mol. The summed E-state index contributed by atoms with van der Waals surface area (Å²) in [5, 5.41) is 15.7. The predicted molar refractivity (Wildman–Crippen MR) is 70.1 cm³/mol. The maximum absolute atomic E-state index is 12.0. The SMILES string of the molecule is [O-]/C(=N\[n+]1ccccc1)c1ccc(/C=C/C(F)(F)F)cc1. The van der Waals surface area contributed by atoms with Gasteiger partial charge in [0.2, 0.25) is 12.4 Å². The lowest BCUT2D eigenvalue weighted by Gasteiger charge is -2.07. The van der Waals surface area contributed by atoms with Gasteiger partial charge in [0.15, 0.2) is 0 Å². The van der Waals surface area contributed by atoms with Crippen LogP contribution in [0.5, 0.6) is 0 Å². The second-order valence-corrected chi connectivity index (χ2v) is 4.16. The second kappa shape index (κ2) is 6.21. The van der Waals surface area contributed by atoms with Crippen LogP contribution in [-0.2, 0) is 0 Å². The van der Waals surface area contributed by atoms with E-state index >= 15 is 0 Å². The number of rotatable bonds is 3. The van der Waals surface area contributed by atoms with Crippen molar-refractivity contribution in [1.82, 2.24) is 0 Å². The Labute approximate surface area is 119 Å². The van der Waals surface area contributed by atoms with Gasteiger partial charge >= 0.3 is 6.18 Å². The molecule has 0 saturated heterocycles. The summed E-state index contributed by atoms with van der Waals surface area (Å²) in [5.74, 6) is -0.474. The van der Waals surface area contributed by atoms with Crippen LogP contribution in [0.1, 0.15) is 11.1 Å². The Kier molecular flexibility index (Phi) is 4.37.